The molecule has 0 aliphatic carbocycles. The Labute approximate surface area is 117 Å². The highest BCUT2D eigenvalue weighted by molar-refractivity contribution is 5.96. The number of ether oxygens (including phenoxy) is 1. The van der Waals surface area contributed by atoms with Gasteiger partial charge in [0.05, 0.1) is 29.5 Å². The predicted molar refractivity (Wildman–Crippen MR) is 76.8 cm³/mol. The molecule has 0 aromatic heterocycles. The van der Waals surface area contributed by atoms with Crippen molar-refractivity contribution in [3.63, 3.8) is 0 Å². The zero-order chi connectivity index (χ0) is 14.4. The second-order valence-corrected chi connectivity index (χ2v) is 4.08. The number of esters is 1. The van der Waals surface area contributed by atoms with E-state index in [2.05, 4.69) is 11.4 Å². The number of nitriles is 1. The number of benzene rings is 2. The van der Waals surface area contributed by atoms with Gasteiger partial charge in [0.2, 0.25) is 0 Å². The van der Waals surface area contributed by atoms with Crippen molar-refractivity contribution in [2.45, 2.75) is 6.92 Å². The van der Waals surface area contributed by atoms with Crippen molar-refractivity contribution < 1.29 is 9.53 Å². The van der Waals surface area contributed by atoms with E-state index in [9.17, 15) is 4.79 Å². The molecule has 0 unspecified atom stereocenters. The first kappa shape index (κ1) is 13.6. The maximum absolute atomic E-state index is 11.9. The fraction of sp³-hybridized carbons (Fsp3) is 0.125. The molecule has 0 saturated carbocycles. The minimum absolute atomic E-state index is 0.330. The molecule has 4 heteroatoms. The SMILES string of the molecule is CCOC(=O)c1ccccc1Nc1cccc(C#N)c1. The van der Waals surface area contributed by atoms with Crippen molar-refractivity contribution in [2.24, 2.45) is 0 Å². The van der Waals surface area contributed by atoms with Crippen LogP contribution in [0.1, 0.15) is 22.8 Å². The molecule has 0 amide bonds. The summed E-state index contributed by atoms with van der Waals surface area (Å²) in [6.45, 7) is 2.10. The van der Waals surface area contributed by atoms with E-state index < -0.39 is 0 Å². The van der Waals surface area contributed by atoms with Gasteiger partial charge in [-0.25, -0.2) is 4.79 Å². The standard InChI is InChI=1S/C16H14N2O2/c1-2-20-16(19)14-8-3-4-9-15(14)18-13-7-5-6-12(10-13)11-17/h3-10,18H,2H2,1H3. The molecule has 0 aliphatic heterocycles. The maximum atomic E-state index is 11.9. The first-order valence-electron chi connectivity index (χ1n) is 6.28. The van der Waals surface area contributed by atoms with Crippen LogP contribution in [0.5, 0.6) is 0 Å². The van der Waals surface area contributed by atoms with E-state index >= 15 is 0 Å². The third kappa shape index (κ3) is 3.15. The first-order valence-corrected chi connectivity index (χ1v) is 6.28. The minimum Gasteiger partial charge on any atom is -0.462 e. The summed E-state index contributed by atoms with van der Waals surface area (Å²) in [5, 5.41) is 12.0. The van der Waals surface area contributed by atoms with Gasteiger partial charge in [-0.05, 0) is 37.3 Å². The zero-order valence-corrected chi connectivity index (χ0v) is 11.1. The Morgan fingerprint density at radius 1 is 1.25 bits per heavy atom. The molecule has 20 heavy (non-hydrogen) atoms. The van der Waals surface area contributed by atoms with Gasteiger partial charge < -0.3 is 10.1 Å². The van der Waals surface area contributed by atoms with Gasteiger partial charge in [0.25, 0.3) is 0 Å². The van der Waals surface area contributed by atoms with Crippen LogP contribution in [0.4, 0.5) is 11.4 Å². The smallest absolute Gasteiger partial charge is 0.340 e. The monoisotopic (exact) mass is 266 g/mol. The van der Waals surface area contributed by atoms with Gasteiger partial charge in [-0.1, -0.05) is 18.2 Å². The van der Waals surface area contributed by atoms with Crippen LogP contribution in [0.3, 0.4) is 0 Å². The fourth-order valence-corrected chi connectivity index (χ4v) is 1.80. The van der Waals surface area contributed by atoms with Crippen molar-refractivity contribution >= 4 is 17.3 Å². The van der Waals surface area contributed by atoms with E-state index in [0.717, 1.165) is 5.69 Å². The topological polar surface area (TPSA) is 62.1 Å². The summed E-state index contributed by atoms with van der Waals surface area (Å²) in [5.74, 6) is -0.368. The van der Waals surface area contributed by atoms with Crippen LogP contribution in [-0.2, 0) is 4.74 Å². The normalized spacial score (nSPS) is 9.60. The van der Waals surface area contributed by atoms with E-state index in [1.807, 2.05) is 12.1 Å². The number of carbonyl (C=O) groups excluding carboxylic acids is 1. The van der Waals surface area contributed by atoms with Crippen molar-refractivity contribution in [2.75, 3.05) is 11.9 Å². The van der Waals surface area contributed by atoms with E-state index in [1.165, 1.54) is 0 Å². The lowest BCUT2D eigenvalue weighted by atomic mass is 10.1. The summed E-state index contributed by atoms with van der Waals surface area (Å²) < 4.78 is 5.02. The maximum Gasteiger partial charge on any atom is 0.340 e. The first-order chi connectivity index (χ1) is 9.74. The highest BCUT2D eigenvalue weighted by Crippen LogP contribution is 2.22. The summed E-state index contributed by atoms with van der Waals surface area (Å²) >= 11 is 0. The summed E-state index contributed by atoms with van der Waals surface area (Å²) in [4.78, 5) is 11.9. The average molecular weight is 266 g/mol. The van der Waals surface area contributed by atoms with E-state index in [1.54, 1.807) is 43.3 Å². The summed E-state index contributed by atoms with van der Waals surface area (Å²) in [6, 6.07) is 16.3. The molecule has 2 aromatic carbocycles. The fourth-order valence-electron chi connectivity index (χ4n) is 1.80. The van der Waals surface area contributed by atoms with Crippen molar-refractivity contribution in [3.05, 3.63) is 59.7 Å². The van der Waals surface area contributed by atoms with Crippen LogP contribution < -0.4 is 5.32 Å². The molecule has 1 N–H and O–H groups in total. The molecule has 0 fully saturated rings. The van der Waals surface area contributed by atoms with Gasteiger partial charge in [0.1, 0.15) is 0 Å². The van der Waals surface area contributed by atoms with E-state index in [-0.39, 0.29) is 5.97 Å². The number of rotatable bonds is 4. The Kier molecular flexibility index (Phi) is 4.35. The third-order valence-electron chi connectivity index (χ3n) is 2.69. The Hall–Kier alpha value is -2.80. The Morgan fingerprint density at radius 3 is 2.80 bits per heavy atom. The number of para-hydroxylation sites is 1. The van der Waals surface area contributed by atoms with Gasteiger partial charge in [0.15, 0.2) is 0 Å². The van der Waals surface area contributed by atoms with Crippen LogP contribution in [-0.4, -0.2) is 12.6 Å². The molecule has 0 spiro atoms. The molecule has 2 rings (SSSR count). The lowest BCUT2D eigenvalue weighted by Gasteiger charge is -2.11. The molecule has 0 radical (unpaired) electrons. The molecule has 4 nitrogen and oxygen atoms in total. The Balaban J connectivity index is 2.29. The lowest BCUT2D eigenvalue weighted by Crippen LogP contribution is -2.07. The number of nitrogens with zero attached hydrogens (tertiary/aromatic N) is 1. The predicted octanol–water partition coefficient (Wildman–Crippen LogP) is 3.48. The van der Waals surface area contributed by atoms with Gasteiger partial charge in [0, 0.05) is 5.69 Å². The number of nitrogens with one attached hydrogen (secondary N) is 1. The molecular weight excluding hydrogens is 252 g/mol. The zero-order valence-electron chi connectivity index (χ0n) is 11.1. The molecule has 0 saturated heterocycles. The van der Waals surface area contributed by atoms with Crippen molar-refractivity contribution in [1.82, 2.24) is 0 Å². The number of carbonyl (C=O) groups is 1. The van der Waals surface area contributed by atoms with Crippen molar-refractivity contribution in [3.8, 4) is 6.07 Å². The van der Waals surface area contributed by atoms with Crippen LogP contribution in [0.15, 0.2) is 48.5 Å². The summed E-state index contributed by atoms with van der Waals surface area (Å²) in [6.07, 6.45) is 0. The van der Waals surface area contributed by atoms with Gasteiger partial charge in [-0.2, -0.15) is 5.26 Å². The highest BCUT2D eigenvalue weighted by Gasteiger charge is 2.11. The molecule has 0 atom stereocenters. The number of hydrogen-bond acceptors (Lipinski definition) is 4. The number of anilines is 2. The van der Waals surface area contributed by atoms with Crippen LogP contribution in [0.25, 0.3) is 0 Å². The van der Waals surface area contributed by atoms with E-state index in [4.69, 9.17) is 10.00 Å². The Morgan fingerprint density at radius 2 is 2.05 bits per heavy atom. The average Bonchev–Trinajstić information content (AvgIpc) is 2.48. The molecule has 0 heterocycles. The van der Waals surface area contributed by atoms with Gasteiger partial charge >= 0.3 is 5.97 Å². The Bertz CT molecular complexity index is 660. The molecule has 100 valence electrons. The van der Waals surface area contributed by atoms with Crippen molar-refractivity contribution in [1.29, 1.82) is 5.26 Å². The largest absolute Gasteiger partial charge is 0.462 e. The second kappa shape index (κ2) is 6.39. The van der Waals surface area contributed by atoms with E-state index in [0.29, 0.717) is 23.4 Å². The second-order valence-electron chi connectivity index (χ2n) is 4.08. The minimum atomic E-state index is -0.368. The van der Waals surface area contributed by atoms with Crippen LogP contribution in [0.2, 0.25) is 0 Å². The molecule has 2 aromatic rings. The summed E-state index contributed by atoms with van der Waals surface area (Å²) in [5.41, 5.74) is 2.43. The molecular formula is C16H14N2O2. The molecule has 0 aliphatic rings. The van der Waals surface area contributed by atoms with Gasteiger partial charge in [-0.3, -0.25) is 0 Å². The van der Waals surface area contributed by atoms with Gasteiger partial charge in [-0.15, -0.1) is 0 Å². The lowest BCUT2D eigenvalue weighted by molar-refractivity contribution is 0.0527. The number of hydrogen-bond donors (Lipinski definition) is 1. The van der Waals surface area contributed by atoms with Crippen LogP contribution in [0, 0.1) is 11.3 Å². The van der Waals surface area contributed by atoms with Crippen LogP contribution >= 0.6 is 0 Å². The highest BCUT2D eigenvalue weighted by atomic mass is 16.5. The molecule has 0 bridgehead atoms. The summed E-state index contributed by atoms with van der Waals surface area (Å²) in [7, 11) is 0. The third-order valence-corrected chi connectivity index (χ3v) is 2.69. The quantitative estimate of drug-likeness (QED) is 0.860.